The molecule has 1 aliphatic heterocycles. The van der Waals surface area contributed by atoms with Crippen LogP contribution in [0.5, 0.6) is 0 Å². The molecule has 1 aromatic rings. The molecule has 0 bridgehead atoms. The summed E-state index contributed by atoms with van der Waals surface area (Å²) in [6.45, 7) is 8.66. The van der Waals surface area contributed by atoms with Gasteiger partial charge < -0.3 is 15.4 Å². The van der Waals surface area contributed by atoms with Gasteiger partial charge in [-0.2, -0.15) is 0 Å². The number of nitrogens with one attached hydrogen (secondary N) is 2. The number of thiophene rings is 1. The molecule has 0 radical (unpaired) electrons. The van der Waals surface area contributed by atoms with Gasteiger partial charge in [-0.25, -0.2) is 0 Å². The van der Waals surface area contributed by atoms with Crippen molar-refractivity contribution in [3.63, 3.8) is 0 Å². The molecule has 1 saturated heterocycles. The molecule has 0 amide bonds. The van der Waals surface area contributed by atoms with Crippen molar-refractivity contribution in [2.75, 3.05) is 45.9 Å². The van der Waals surface area contributed by atoms with E-state index in [-0.39, 0.29) is 0 Å². The fourth-order valence-corrected chi connectivity index (χ4v) is 4.07. The van der Waals surface area contributed by atoms with E-state index in [4.69, 9.17) is 9.73 Å². The Morgan fingerprint density at radius 3 is 2.88 bits per heavy atom. The lowest BCUT2D eigenvalue weighted by Crippen LogP contribution is -2.40. The van der Waals surface area contributed by atoms with E-state index in [1.54, 1.807) is 0 Å². The summed E-state index contributed by atoms with van der Waals surface area (Å²) >= 11 is 1.84. The first-order valence-corrected chi connectivity index (χ1v) is 10.6. The zero-order chi connectivity index (χ0) is 17.3. The van der Waals surface area contributed by atoms with Crippen molar-refractivity contribution < 1.29 is 4.74 Å². The van der Waals surface area contributed by atoms with Crippen LogP contribution in [-0.4, -0.2) is 56.8 Å². The Balaban J connectivity index is 1.49. The normalized spacial score (nSPS) is 20.0. The van der Waals surface area contributed by atoms with Gasteiger partial charge in [0, 0.05) is 24.6 Å². The average molecular weight is 365 g/mol. The van der Waals surface area contributed by atoms with Gasteiger partial charge in [-0.05, 0) is 63.1 Å². The van der Waals surface area contributed by atoms with Crippen molar-refractivity contribution >= 4 is 17.3 Å². The highest BCUT2D eigenvalue weighted by atomic mass is 32.1. The first kappa shape index (κ1) is 18.7. The monoisotopic (exact) mass is 364 g/mol. The van der Waals surface area contributed by atoms with Crippen LogP contribution in [0.1, 0.15) is 43.5 Å². The van der Waals surface area contributed by atoms with Crippen LogP contribution in [-0.2, 0) is 4.74 Å². The Hall–Kier alpha value is -1.11. The highest BCUT2D eigenvalue weighted by molar-refractivity contribution is 7.10. The van der Waals surface area contributed by atoms with Crippen molar-refractivity contribution in [2.24, 2.45) is 10.9 Å². The summed E-state index contributed by atoms with van der Waals surface area (Å²) in [5.41, 5.74) is 0. The molecule has 2 N–H and O–H groups in total. The van der Waals surface area contributed by atoms with Crippen LogP contribution in [0.4, 0.5) is 0 Å². The van der Waals surface area contributed by atoms with Crippen molar-refractivity contribution in [3.8, 4) is 0 Å². The molecular formula is C19H32N4OS. The van der Waals surface area contributed by atoms with Gasteiger partial charge in [0.1, 0.15) is 0 Å². The molecule has 6 heteroatoms. The summed E-state index contributed by atoms with van der Waals surface area (Å²) in [5.74, 6) is 1.73. The smallest absolute Gasteiger partial charge is 0.191 e. The van der Waals surface area contributed by atoms with E-state index >= 15 is 0 Å². The molecule has 25 heavy (non-hydrogen) atoms. The number of likely N-dealkylation sites (tertiary alicyclic amines) is 1. The molecule has 1 aliphatic carbocycles. The van der Waals surface area contributed by atoms with Crippen LogP contribution >= 0.6 is 11.3 Å². The van der Waals surface area contributed by atoms with Crippen LogP contribution in [0.25, 0.3) is 0 Å². The van der Waals surface area contributed by atoms with Gasteiger partial charge in [0.2, 0.25) is 0 Å². The first-order chi connectivity index (χ1) is 12.4. The van der Waals surface area contributed by atoms with Crippen LogP contribution in [0, 0.1) is 5.92 Å². The molecule has 2 fully saturated rings. The van der Waals surface area contributed by atoms with Gasteiger partial charge in [-0.15, -0.1) is 11.3 Å². The maximum Gasteiger partial charge on any atom is 0.191 e. The quantitative estimate of drug-likeness (QED) is 0.381. The fraction of sp³-hybridized carbons (Fsp3) is 0.737. The van der Waals surface area contributed by atoms with Gasteiger partial charge >= 0.3 is 0 Å². The standard InChI is InChI=1S/C19H32N4OS/c1-2-20-19(21-9-12-24-15-16-7-8-16)22-14-17(18-6-5-13-25-18)23-10-3-4-11-23/h5-6,13,16-17H,2-4,7-12,14-15H2,1H3,(H2,20,21,22). The third-order valence-electron chi connectivity index (χ3n) is 4.81. The van der Waals surface area contributed by atoms with E-state index in [0.29, 0.717) is 6.04 Å². The van der Waals surface area contributed by atoms with Crippen LogP contribution in [0.3, 0.4) is 0 Å². The number of rotatable bonds is 10. The number of nitrogens with zero attached hydrogens (tertiary/aromatic N) is 2. The molecule has 0 aromatic carbocycles. The molecule has 1 saturated carbocycles. The number of ether oxygens (including phenoxy) is 1. The highest BCUT2D eigenvalue weighted by Crippen LogP contribution is 2.29. The third-order valence-corrected chi connectivity index (χ3v) is 5.78. The summed E-state index contributed by atoms with van der Waals surface area (Å²) in [6.07, 6.45) is 5.31. The van der Waals surface area contributed by atoms with Crippen LogP contribution < -0.4 is 10.6 Å². The summed E-state index contributed by atoms with van der Waals surface area (Å²) < 4.78 is 5.70. The maximum atomic E-state index is 5.70. The predicted molar refractivity (Wildman–Crippen MR) is 105 cm³/mol. The molecule has 2 heterocycles. The van der Waals surface area contributed by atoms with E-state index in [1.165, 1.54) is 43.6 Å². The number of aliphatic imine (C=N–C) groups is 1. The SMILES string of the molecule is CCNC(=NCC(c1cccs1)N1CCCC1)NCCOCC1CC1. The number of hydrogen-bond donors (Lipinski definition) is 2. The zero-order valence-electron chi connectivity index (χ0n) is 15.4. The van der Waals surface area contributed by atoms with Crippen molar-refractivity contribution in [1.29, 1.82) is 0 Å². The fourth-order valence-electron chi connectivity index (χ4n) is 3.22. The Kier molecular flexibility index (Phi) is 7.57. The van der Waals surface area contributed by atoms with Crippen molar-refractivity contribution in [2.45, 2.75) is 38.6 Å². The molecule has 1 aromatic heterocycles. The molecule has 3 rings (SSSR count). The minimum Gasteiger partial charge on any atom is -0.379 e. The van der Waals surface area contributed by atoms with Gasteiger partial charge in [-0.1, -0.05) is 6.07 Å². The van der Waals surface area contributed by atoms with E-state index in [1.807, 2.05) is 11.3 Å². The van der Waals surface area contributed by atoms with E-state index < -0.39 is 0 Å². The minimum absolute atomic E-state index is 0.407. The lowest BCUT2D eigenvalue weighted by Gasteiger charge is -2.25. The summed E-state index contributed by atoms with van der Waals surface area (Å²) in [6, 6.07) is 4.80. The molecule has 1 atom stereocenters. The Labute approximate surface area is 155 Å². The average Bonchev–Trinajstić information content (AvgIpc) is 3.07. The van der Waals surface area contributed by atoms with E-state index in [9.17, 15) is 0 Å². The van der Waals surface area contributed by atoms with Crippen molar-refractivity contribution in [3.05, 3.63) is 22.4 Å². The molecule has 2 aliphatic rings. The van der Waals surface area contributed by atoms with E-state index in [2.05, 4.69) is 40.0 Å². The second-order valence-corrected chi connectivity index (χ2v) is 7.92. The van der Waals surface area contributed by atoms with E-state index in [0.717, 1.165) is 44.7 Å². The lowest BCUT2D eigenvalue weighted by molar-refractivity contribution is 0.129. The Morgan fingerprint density at radius 2 is 2.20 bits per heavy atom. The summed E-state index contributed by atoms with van der Waals surface area (Å²) in [4.78, 5) is 8.87. The minimum atomic E-state index is 0.407. The van der Waals surface area contributed by atoms with Gasteiger partial charge in [-0.3, -0.25) is 9.89 Å². The zero-order valence-corrected chi connectivity index (χ0v) is 16.2. The molecular weight excluding hydrogens is 332 g/mol. The highest BCUT2D eigenvalue weighted by Gasteiger charge is 2.24. The molecule has 0 spiro atoms. The molecule has 5 nitrogen and oxygen atoms in total. The molecule has 1 unspecified atom stereocenters. The first-order valence-electron chi connectivity index (χ1n) is 9.74. The summed E-state index contributed by atoms with van der Waals surface area (Å²) in [5, 5.41) is 8.93. The Morgan fingerprint density at radius 1 is 1.36 bits per heavy atom. The number of hydrogen-bond acceptors (Lipinski definition) is 4. The summed E-state index contributed by atoms with van der Waals surface area (Å²) in [7, 11) is 0. The molecule has 140 valence electrons. The lowest BCUT2D eigenvalue weighted by atomic mass is 10.2. The maximum absolute atomic E-state index is 5.70. The Bertz CT molecular complexity index is 510. The predicted octanol–water partition coefficient (Wildman–Crippen LogP) is 2.87. The third kappa shape index (κ3) is 6.28. The van der Waals surface area contributed by atoms with Gasteiger partial charge in [0.25, 0.3) is 0 Å². The van der Waals surface area contributed by atoms with Gasteiger partial charge in [0.15, 0.2) is 5.96 Å². The number of guanidine groups is 1. The second kappa shape index (κ2) is 10.1. The topological polar surface area (TPSA) is 48.9 Å². The van der Waals surface area contributed by atoms with Crippen LogP contribution in [0.2, 0.25) is 0 Å². The van der Waals surface area contributed by atoms with Gasteiger partial charge in [0.05, 0.1) is 19.2 Å². The largest absolute Gasteiger partial charge is 0.379 e. The van der Waals surface area contributed by atoms with Crippen LogP contribution in [0.15, 0.2) is 22.5 Å². The second-order valence-electron chi connectivity index (χ2n) is 6.94. The van der Waals surface area contributed by atoms with Crippen molar-refractivity contribution in [1.82, 2.24) is 15.5 Å².